The van der Waals surface area contributed by atoms with Gasteiger partial charge < -0.3 is 15.8 Å². The standard InChI is InChI=1S/C12H19FN2O2S/c1-3-17-12-8-11(10(14)7-9(12)13)15-5-6-18(16)4-2/h7-8,15H,3-6,14H2,1-2H3. The molecule has 3 N–H and O–H groups in total. The molecule has 1 unspecified atom stereocenters. The Bertz CT molecular complexity index is 427. The van der Waals surface area contributed by atoms with Crippen molar-refractivity contribution in [3.05, 3.63) is 17.9 Å². The molecule has 1 atom stereocenters. The first kappa shape index (κ1) is 14.8. The summed E-state index contributed by atoms with van der Waals surface area (Å²) in [6.45, 7) is 4.57. The minimum atomic E-state index is -0.829. The first-order valence-electron chi connectivity index (χ1n) is 5.89. The molecule has 0 aliphatic rings. The van der Waals surface area contributed by atoms with Gasteiger partial charge in [-0.05, 0) is 6.92 Å². The highest BCUT2D eigenvalue weighted by Crippen LogP contribution is 2.28. The highest BCUT2D eigenvalue weighted by molar-refractivity contribution is 7.84. The largest absolute Gasteiger partial charge is 0.491 e. The highest BCUT2D eigenvalue weighted by atomic mass is 32.2. The second-order valence-electron chi connectivity index (χ2n) is 3.66. The zero-order chi connectivity index (χ0) is 13.5. The van der Waals surface area contributed by atoms with Gasteiger partial charge in [-0.15, -0.1) is 0 Å². The molecule has 0 bridgehead atoms. The van der Waals surface area contributed by atoms with E-state index in [0.717, 1.165) is 0 Å². The van der Waals surface area contributed by atoms with E-state index < -0.39 is 16.6 Å². The summed E-state index contributed by atoms with van der Waals surface area (Å²) in [6, 6.07) is 2.76. The van der Waals surface area contributed by atoms with Gasteiger partial charge in [0, 0.05) is 41.0 Å². The summed E-state index contributed by atoms with van der Waals surface area (Å²) in [5.74, 6) is 0.866. The molecule has 0 aliphatic heterocycles. The van der Waals surface area contributed by atoms with Crippen molar-refractivity contribution >= 4 is 22.2 Å². The lowest BCUT2D eigenvalue weighted by Gasteiger charge is -2.12. The Balaban J connectivity index is 2.69. The van der Waals surface area contributed by atoms with Crippen LogP contribution in [0.25, 0.3) is 0 Å². The average molecular weight is 274 g/mol. The van der Waals surface area contributed by atoms with Crippen LogP contribution in [0.15, 0.2) is 12.1 Å². The number of benzene rings is 1. The molecular formula is C12H19FN2O2S. The molecule has 0 radical (unpaired) electrons. The highest BCUT2D eigenvalue weighted by Gasteiger charge is 2.08. The van der Waals surface area contributed by atoms with Gasteiger partial charge in [-0.1, -0.05) is 6.92 Å². The van der Waals surface area contributed by atoms with Gasteiger partial charge >= 0.3 is 0 Å². The van der Waals surface area contributed by atoms with Crippen LogP contribution >= 0.6 is 0 Å². The monoisotopic (exact) mass is 274 g/mol. The van der Waals surface area contributed by atoms with E-state index >= 15 is 0 Å². The molecule has 18 heavy (non-hydrogen) atoms. The summed E-state index contributed by atoms with van der Waals surface area (Å²) < 4.78 is 29.9. The first-order valence-corrected chi connectivity index (χ1v) is 7.37. The van der Waals surface area contributed by atoms with Gasteiger partial charge in [-0.25, -0.2) is 4.39 Å². The Morgan fingerprint density at radius 1 is 1.44 bits per heavy atom. The van der Waals surface area contributed by atoms with Crippen molar-refractivity contribution in [1.29, 1.82) is 0 Å². The van der Waals surface area contributed by atoms with Gasteiger partial charge in [0.25, 0.3) is 0 Å². The molecule has 1 aromatic rings. The van der Waals surface area contributed by atoms with Crippen LogP contribution in [-0.4, -0.2) is 28.9 Å². The van der Waals surface area contributed by atoms with Gasteiger partial charge in [0.15, 0.2) is 11.6 Å². The van der Waals surface area contributed by atoms with Crippen LogP contribution in [0.2, 0.25) is 0 Å². The van der Waals surface area contributed by atoms with Crippen molar-refractivity contribution in [2.75, 3.05) is 35.7 Å². The Labute approximate surface area is 109 Å². The number of nitrogen functional groups attached to an aromatic ring is 1. The van der Waals surface area contributed by atoms with E-state index in [2.05, 4.69) is 5.32 Å². The van der Waals surface area contributed by atoms with Gasteiger partial charge in [0.05, 0.1) is 18.0 Å². The second kappa shape index (κ2) is 7.20. The number of nitrogens with two attached hydrogens (primary N) is 1. The number of hydrogen-bond acceptors (Lipinski definition) is 4. The summed E-state index contributed by atoms with van der Waals surface area (Å²) in [4.78, 5) is 0. The maximum atomic E-state index is 13.4. The molecule has 0 saturated heterocycles. The summed E-state index contributed by atoms with van der Waals surface area (Å²) in [7, 11) is -0.829. The van der Waals surface area contributed by atoms with Crippen LogP contribution in [0.3, 0.4) is 0 Å². The van der Waals surface area contributed by atoms with Crippen molar-refractivity contribution in [2.24, 2.45) is 0 Å². The lowest BCUT2D eigenvalue weighted by molar-refractivity contribution is 0.322. The molecule has 1 rings (SSSR count). The fourth-order valence-corrected chi connectivity index (χ4v) is 2.05. The van der Waals surface area contributed by atoms with Crippen LogP contribution in [0.1, 0.15) is 13.8 Å². The van der Waals surface area contributed by atoms with Crippen molar-refractivity contribution in [3.63, 3.8) is 0 Å². The van der Waals surface area contributed by atoms with E-state index in [1.807, 2.05) is 6.92 Å². The van der Waals surface area contributed by atoms with Gasteiger partial charge in [-0.2, -0.15) is 0 Å². The number of ether oxygens (including phenoxy) is 1. The maximum Gasteiger partial charge on any atom is 0.167 e. The van der Waals surface area contributed by atoms with Crippen molar-refractivity contribution in [1.82, 2.24) is 0 Å². The number of halogens is 1. The molecule has 0 saturated carbocycles. The van der Waals surface area contributed by atoms with Crippen LogP contribution < -0.4 is 15.8 Å². The Hall–Kier alpha value is -1.30. The molecule has 102 valence electrons. The zero-order valence-electron chi connectivity index (χ0n) is 10.7. The Kier molecular flexibility index (Phi) is 5.91. The molecule has 0 aliphatic carbocycles. The second-order valence-corrected chi connectivity index (χ2v) is 5.53. The molecule has 0 amide bonds. The first-order chi connectivity index (χ1) is 8.58. The fraction of sp³-hybridized carbons (Fsp3) is 0.500. The number of rotatable bonds is 7. The van der Waals surface area contributed by atoms with Gasteiger partial charge in [0.2, 0.25) is 0 Å². The molecule has 0 aromatic heterocycles. The van der Waals surface area contributed by atoms with Crippen LogP contribution in [-0.2, 0) is 10.8 Å². The molecular weight excluding hydrogens is 255 g/mol. The predicted octanol–water partition coefficient (Wildman–Crippen LogP) is 1.99. The smallest absolute Gasteiger partial charge is 0.167 e. The van der Waals surface area contributed by atoms with Crippen LogP contribution in [0, 0.1) is 5.82 Å². The van der Waals surface area contributed by atoms with Crippen molar-refractivity contribution in [2.45, 2.75) is 13.8 Å². The molecule has 4 nitrogen and oxygen atoms in total. The third-order valence-electron chi connectivity index (χ3n) is 2.37. The Morgan fingerprint density at radius 2 is 2.17 bits per heavy atom. The lowest BCUT2D eigenvalue weighted by atomic mass is 10.2. The third-order valence-corrected chi connectivity index (χ3v) is 3.67. The topological polar surface area (TPSA) is 64.3 Å². The van der Waals surface area contributed by atoms with E-state index in [0.29, 0.717) is 36.0 Å². The van der Waals surface area contributed by atoms with E-state index in [-0.39, 0.29) is 5.75 Å². The minimum absolute atomic E-state index is 0.172. The number of anilines is 2. The SMILES string of the molecule is CCOc1cc(NCCS(=O)CC)c(N)cc1F. The van der Waals surface area contributed by atoms with Crippen LogP contribution in [0.4, 0.5) is 15.8 Å². The number of nitrogens with one attached hydrogen (secondary N) is 1. The van der Waals surface area contributed by atoms with Crippen molar-refractivity contribution in [3.8, 4) is 5.75 Å². The molecule has 6 heteroatoms. The zero-order valence-corrected chi connectivity index (χ0v) is 11.5. The summed E-state index contributed by atoms with van der Waals surface area (Å²) in [6.07, 6.45) is 0. The van der Waals surface area contributed by atoms with E-state index in [9.17, 15) is 8.60 Å². The quantitative estimate of drug-likeness (QED) is 0.746. The summed E-state index contributed by atoms with van der Waals surface area (Å²) >= 11 is 0. The van der Waals surface area contributed by atoms with E-state index in [1.54, 1.807) is 6.92 Å². The van der Waals surface area contributed by atoms with E-state index in [1.165, 1.54) is 12.1 Å². The van der Waals surface area contributed by atoms with Crippen molar-refractivity contribution < 1.29 is 13.3 Å². The van der Waals surface area contributed by atoms with Gasteiger partial charge in [-0.3, -0.25) is 4.21 Å². The van der Waals surface area contributed by atoms with Crippen LogP contribution in [0.5, 0.6) is 5.75 Å². The number of hydrogen-bond donors (Lipinski definition) is 2. The molecule has 0 spiro atoms. The van der Waals surface area contributed by atoms with E-state index in [4.69, 9.17) is 10.5 Å². The average Bonchev–Trinajstić information content (AvgIpc) is 2.34. The maximum absolute atomic E-state index is 13.4. The normalized spacial score (nSPS) is 12.2. The molecule has 1 aromatic carbocycles. The third kappa shape index (κ3) is 4.18. The molecule has 0 heterocycles. The minimum Gasteiger partial charge on any atom is -0.491 e. The lowest BCUT2D eigenvalue weighted by Crippen LogP contribution is -2.13. The predicted molar refractivity (Wildman–Crippen MR) is 74.0 cm³/mol. The van der Waals surface area contributed by atoms with Gasteiger partial charge in [0.1, 0.15) is 0 Å². The summed E-state index contributed by atoms with van der Waals surface area (Å²) in [5, 5.41) is 3.04. The summed E-state index contributed by atoms with van der Waals surface area (Å²) in [5.41, 5.74) is 6.62. The fourth-order valence-electron chi connectivity index (χ4n) is 1.43. The Morgan fingerprint density at radius 3 is 2.78 bits per heavy atom. The molecule has 0 fully saturated rings.